The number of ketones is 5. The van der Waals surface area contributed by atoms with Crippen LogP contribution in [-0.2, 0) is 24.0 Å². The Labute approximate surface area is 400 Å². The number of nitrogens with one attached hydrogen (secondary N) is 6. The number of para-hydroxylation sites is 1. The van der Waals surface area contributed by atoms with Crippen LogP contribution in [-0.4, -0.2) is 91.8 Å². The van der Waals surface area contributed by atoms with E-state index in [1.165, 1.54) is 30.4 Å². The van der Waals surface area contributed by atoms with Gasteiger partial charge in [-0.05, 0) is 100 Å². The van der Waals surface area contributed by atoms with E-state index < -0.39 is 12.0 Å². The highest BCUT2D eigenvalue weighted by molar-refractivity contribution is 5.85. The normalized spacial score (nSPS) is 13.3. The highest BCUT2D eigenvalue weighted by atomic mass is 16.3. The Kier molecular flexibility index (Phi) is 34.5. The Bertz CT molecular complexity index is 1770. The van der Waals surface area contributed by atoms with E-state index in [0.717, 1.165) is 5.52 Å². The van der Waals surface area contributed by atoms with Crippen molar-refractivity contribution in [2.24, 2.45) is 0 Å². The molecule has 0 fully saturated rings. The van der Waals surface area contributed by atoms with Gasteiger partial charge in [0.1, 0.15) is 40.9 Å². The quantitative estimate of drug-likeness (QED) is 0.0445. The molecule has 0 saturated heterocycles. The summed E-state index contributed by atoms with van der Waals surface area (Å²) in [7, 11) is 0. The molecule has 2 aromatic carbocycles. The van der Waals surface area contributed by atoms with E-state index in [2.05, 4.69) is 111 Å². The minimum absolute atomic E-state index is 0. The fourth-order valence-corrected chi connectivity index (χ4v) is 7.31. The number of Topliss-reactive ketones (excluding diaryl/α,β-unsaturated/α-hetero) is 5. The molecular weight excluding hydrogens is 833 g/mol. The van der Waals surface area contributed by atoms with Crippen LogP contribution in [0.5, 0.6) is 0 Å². The monoisotopic (exact) mass is 927 g/mol. The van der Waals surface area contributed by atoms with E-state index in [-0.39, 0.29) is 78.9 Å². The summed E-state index contributed by atoms with van der Waals surface area (Å²) in [5.41, 5.74) is 2.36. The van der Waals surface area contributed by atoms with E-state index in [9.17, 15) is 29.1 Å². The summed E-state index contributed by atoms with van der Waals surface area (Å²) in [5.74, 6) is 0.655. The zero-order valence-corrected chi connectivity index (χ0v) is 43.4. The summed E-state index contributed by atoms with van der Waals surface area (Å²) in [6, 6.07) is 20.1. The fourth-order valence-electron chi connectivity index (χ4n) is 7.31. The molecule has 1 heterocycles. The van der Waals surface area contributed by atoms with Crippen molar-refractivity contribution < 1.29 is 34.2 Å². The van der Waals surface area contributed by atoms with Crippen LogP contribution < -0.4 is 26.6 Å². The molecule has 0 saturated carbocycles. The van der Waals surface area contributed by atoms with Gasteiger partial charge in [-0.3, -0.25) is 34.6 Å². The van der Waals surface area contributed by atoms with Crippen LogP contribution in [0.4, 0.5) is 0 Å². The predicted octanol–water partition coefficient (Wildman–Crippen LogP) is 9.22. The third-order valence-electron chi connectivity index (χ3n) is 8.82. The molecule has 0 bridgehead atoms. The van der Waals surface area contributed by atoms with Crippen molar-refractivity contribution >= 4 is 39.8 Å². The smallest absolute Gasteiger partial charge is 0.134 e. The molecule has 378 valence electrons. The minimum Gasteiger partial charge on any atom is -0.378 e. The molecule has 4 atom stereocenters. The molecule has 0 radical (unpaired) electrons. The third-order valence-corrected chi connectivity index (χ3v) is 8.82. The van der Waals surface area contributed by atoms with Gasteiger partial charge in [0.2, 0.25) is 0 Å². The molecule has 0 amide bonds. The third kappa shape index (κ3) is 36.2. The number of fused-ring (bicyclic) bond motifs is 1. The zero-order valence-electron chi connectivity index (χ0n) is 43.4. The van der Waals surface area contributed by atoms with Gasteiger partial charge in [0.05, 0.1) is 0 Å². The van der Waals surface area contributed by atoms with E-state index in [4.69, 9.17) is 5.11 Å². The number of aliphatic hydroxyl groups excluding tert-OH is 1. The van der Waals surface area contributed by atoms with Crippen LogP contribution in [0, 0.1) is 0 Å². The van der Waals surface area contributed by atoms with E-state index in [1.807, 2.05) is 64.2 Å². The lowest BCUT2D eigenvalue weighted by molar-refractivity contribution is -0.123. The maximum absolute atomic E-state index is 11.4. The first-order chi connectivity index (χ1) is 29.9. The van der Waals surface area contributed by atoms with Crippen molar-refractivity contribution in [3.05, 3.63) is 71.9 Å². The van der Waals surface area contributed by atoms with Gasteiger partial charge in [0.25, 0.3) is 0 Å². The van der Waals surface area contributed by atoms with E-state index in [0.29, 0.717) is 37.4 Å². The maximum atomic E-state index is 11.4. The molecule has 3 rings (SSSR count). The molecule has 66 heavy (non-hydrogen) atoms. The number of aromatic nitrogens is 1. The summed E-state index contributed by atoms with van der Waals surface area (Å²) in [6.07, 6.45) is 3.36. The SMILES string of the molecule is C.CC(=O)CC(C)(C)NC(C)C.CC(=O)CC(C)(O)NC(C)C.CC(=O)CC(NC(C)C)c1c[nH]c2ccccc12.CC(=O)CC(NC(C)C)c1ccccc1.CC(=O)CC(O)NC(C)C. The number of hydrogen-bond donors (Lipinski definition) is 8. The standard InChI is InChI=1S/C15H20N2O.C13H19NO.C9H19NO.C8H17NO2.C7H15NO2.CH4/c1-10(2)17-15(8-11(3)18)13-9-16-14-7-5-4-6-12(13)14;1-10(2)14-13(9-11(3)15)12-7-5-4-6-8-12;1-7(2)10-9(4,5)6-8(3)11;1-6(2)9-8(4,11)5-7(3)10;1-5(2)8-7(10)4-6(3)9;/h4-7,9-10,15-17H,8H2,1-3H3;4-8,10,13-14H,9H2,1-3H3;7,10H,6H2,1-5H3;6,9,11H,5H2,1-4H3;5,7-8,10H,4H2,1-3H3;1H4. The van der Waals surface area contributed by atoms with Crippen molar-refractivity contribution in [2.45, 2.75) is 224 Å². The van der Waals surface area contributed by atoms with Crippen LogP contribution in [0.3, 0.4) is 0 Å². The number of carbonyl (C=O) groups is 5. The Balaban J connectivity index is -0.000000765. The van der Waals surface area contributed by atoms with Crippen LogP contribution in [0.2, 0.25) is 0 Å². The summed E-state index contributed by atoms with van der Waals surface area (Å²) in [6.45, 7) is 33.8. The first-order valence-electron chi connectivity index (χ1n) is 23.2. The van der Waals surface area contributed by atoms with Gasteiger partial charge in [0.15, 0.2) is 0 Å². The molecule has 1 aromatic heterocycles. The number of H-pyrrole nitrogens is 1. The molecule has 0 spiro atoms. The van der Waals surface area contributed by atoms with Gasteiger partial charge in [-0.15, -0.1) is 0 Å². The van der Waals surface area contributed by atoms with Crippen molar-refractivity contribution in [1.29, 1.82) is 0 Å². The lowest BCUT2D eigenvalue weighted by Crippen LogP contribution is -2.47. The maximum Gasteiger partial charge on any atom is 0.134 e. The second-order valence-electron chi connectivity index (χ2n) is 19.5. The highest BCUT2D eigenvalue weighted by Crippen LogP contribution is 2.27. The Morgan fingerprint density at radius 1 is 0.545 bits per heavy atom. The summed E-state index contributed by atoms with van der Waals surface area (Å²) in [5, 5.41) is 35.7. The predicted molar refractivity (Wildman–Crippen MR) is 276 cm³/mol. The van der Waals surface area contributed by atoms with Gasteiger partial charge in [-0.2, -0.15) is 0 Å². The van der Waals surface area contributed by atoms with E-state index in [1.54, 1.807) is 27.7 Å². The molecule has 13 heteroatoms. The Morgan fingerprint density at radius 2 is 0.970 bits per heavy atom. The summed E-state index contributed by atoms with van der Waals surface area (Å²) >= 11 is 0. The number of hydrogen-bond acceptors (Lipinski definition) is 12. The Hall–Kier alpha value is -3.95. The molecule has 8 N–H and O–H groups in total. The van der Waals surface area contributed by atoms with Crippen molar-refractivity contribution in [1.82, 2.24) is 31.6 Å². The molecule has 4 unspecified atom stereocenters. The zero-order chi connectivity index (χ0) is 50.7. The van der Waals surface area contributed by atoms with E-state index >= 15 is 0 Å². The topological polar surface area (TPSA) is 202 Å². The van der Waals surface area contributed by atoms with Crippen LogP contribution in [0.1, 0.15) is 187 Å². The Morgan fingerprint density at radius 3 is 1.39 bits per heavy atom. The van der Waals surface area contributed by atoms with Crippen molar-refractivity contribution in [2.75, 3.05) is 0 Å². The second-order valence-corrected chi connectivity index (χ2v) is 19.5. The number of carbonyl (C=O) groups excluding carboxylic acids is 5. The van der Waals surface area contributed by atoms with Crippen LogP contribution >= 0.6 is 0 Å². The largest absolute Gasteiger partial charge is 0.378 e. The first-order valence-corrected chi connectivity index (χ1v) is 23.2. The molecule has 0 aliphatic carbocycles. The molecule has 13 nitrogen and oxygen atoms in total. The molecule has 0 aliphatic heterocycles. The number of benzene rings is 2. The lowest BCUT2D eigenvalue weighted by atomic mass is 9.97. The molecular formula is C53H94N6O7. The van der Waals surface area contributed by atoms with Gasteiger partial charge in [0, 0.05) is 97.0 Å². The second kappa shape index (κ2) is 34.4. The molecule has 3 aromatic rings. The lowest BCUT2D eigenvalue weighted by Gasteiger charge is -2.27. The summed E-state index contributed by atoms with van der Waals surface area (Å²) < 4.78 is 0. The van der Waals surface area contributed by atoms with Crippen molar-refractivity contribution in [3.8, 4) is 0 Å². The van der Waals surface area contributed by atoms with Gasteiger partial charge >= 0.3 is 0 Å². The first kappa shape index (κ1) is 66.3. The van der Waals surface area contributed by atoms with Gasteiger partial charge < -0.3 is 31.1 Å². The average molecular weight is 927 g/mol. The van der Waals surface area contributed by atoms with Crippen LogP contribution in [0.25, 0.3) is 10.9 Å². The minimum atomic E-state index is -1.06. The molecule has 0 aliphatic rings. The average Bonchev–Trinajstić information content (AvgIpc) is 3.53. The highest BCUT2D eigenvalue weighted by Gasteiger charge is 2.23. The van der Waals surface area contributed by atoms with Gasteiger partial charge in [-0.25, -0.2) is 0 Å². The van der Waals surface area contributed by atoms with Crippen molar-refractivity contribution in [3.63, 3.8) is 0 Å². The number of rotatable bonds is 22. The number of aliphatic hydroxyl groups is 2. The summed E-state index contributed by atoms with van der Waals surface area (Å²) in [4.78, 5) is 57.7. The number of aromatic amines is 1. The van der Waals surface area contributed by atoms with Crippen LogP contribution in [0.15, 0.2) is 60.8 Å². The van der Waals surface area contributed by atoms with Gasteiger partial charge in [-0.1, -0.05) is 97.5 Å². The fraction of sp³-hybridized carbons (Fsp3) is 0.642.